The molecular formula is C36H48O3. The maximum absolute atomic E-state index is 5.73. The summed E-state index contributed by atoms with van der Waals surface area (Å²) in [6, 6.07) is 25.2. The Hall–Kier alpha value is -2.94. The summed E-state index contributed by atoms with van der Waals surface area (Å²) in [6.07, 6.45) is 3.60. The first kappa shape index (κ1) is 29.1. The van der Waals surface area contributed by atoms with Crippen molar-refractivity contribution in [1.82, 2.24) is 0 Å². The fourth-order valence-corrected chi connectivity index (χ4v) is 6.05. The molecule has 3 nitrogen and oxygen atoms in total. The van der Waals surface area contributed by atoms with Gasteiger partial charge in [-0.3, -0.25) is 0 Å². The van der Waals surface area contributed by atoms with Crippen molar-refractivity contribution in [2.24, 2.45) is 17.8 Å². The molecule has 0 amide bonds. The van der Waals surface area contributed by atoms with Crippen molar-refractivity contribution >= 4 is 0 Å². The van der Waals surface area contributed by atoms with Gasteiger partial charge in [0.2, 0.25) is 0 Å². The van der Waals surface area contributed by atoms with Gasteiger partial charge in [-0.05, 0) is 78.2 Å². The van der Waals surface area contributed by atoms with Crippen molar-refractivity contribution < 1.29 is 14.2 Å². The second-order valence-corrected chi connectivity index (χ2v) is 12.1. The molecule has 3 aliphatic heterocycles. The lowest BCUT2D eigenvalue weighted by Gasteiger charge is -2.28. The molecule has 0 spiro atoms. The molecule has 3 aromatic rings. The third-order valence-corrected chi connectivity index (χ3v) is 8.39. The molecule has 0 bridgehead atoms. The predicted molar refractivity (Wildman–Crippen MR) is 162 cm³/mol. The SMILES string of the molecule is CC(C)C1CCCOc2ccccc21.CC(C)C1CCOc2ccccc21.CC(C)C1COc2ccccc21. The van der Waals surface area contributed by atoms with Gasteiger partial charge in [0.25, 0.3) is 0 Å². The van der Waals surface area contributed by atoms with Gasteiger partial charge < -0.3 is 14.2 Å². The summed E-state index contributed by atoms with van der Waals surface area (Å²) >= 11 is 0. The largest absolute Gasteiger partial charge is 0.493 e. The van der Waals surface area contributed by atoms with Gasteiger partial charge in [0.05, 0.1) is 19.8 Å². The fourth-order valence-electron chi connectivity index (χ4n) is 6.05. The minimum absolute atomic E-state index is 0.598. The van der Waals surface area contributed by atoms with E-state index in [0.717, 1.165) is 43.5 Å². The van der Waals surface area contributed by atoms with Gasteiger partial charge >= 0.3 is 0 Å². The van der Waals surface area contributed by atoms with E-state index >= 15 is 0 Å². The van der Waals surface area contributed by atoms with Crippen LogP contribution in [0.25, 0.3) is 0 Å². The highest BCUT2D eigenvalue weighted by molar-refractivity contribution is 5.40. The molecule has 0 saturated carbocycles. The highest BCUT2D eigenvalue weighted by Crippen LogP contribution is 2.39. The molecule has 3 heteroatoms. The standard InChI is InChI=1S/C13H18O.C12H16O.C11H14O/c1-10(2)11-7-5-9-14-13-8-4-3-6-12(11)13;1-9(2)10-7-8-13-12-6-4-3-5-11(10)12;1-8(2)10-7-12-11-6-4-3-5-9(10)11/h3-4,6,8,10-11H,5,7,9H2,1-2H3;3-6,9-10H,7-8H2,1-2H3;3-6,8,10H,7H2,1-2H3. The van der Waals surface area contributed by atoms with Crippen molar-refractivity contribution in [3.8, 4) is 17.2 Å². The molecule has 3 aromatic carbocycles. The molecule has 210 valence electrons. The molecule has 0 N–H and O–H groups in total. The molecule has 3 atom stereocenters. The summed E-state index contributed by atoms with van der Waals surface area (Å²) in [6.45, 7) is 16.3. The summed E-state index contributed by atoms with van der Waals surface area (Å²) < 4.78 is 16.9. The Morgan fingerprint density at radius 1 is 0.487 bits per heavy atom. The van der Waals surface area contributed by atoms with Crippen LogP contribution in [0.3, 0.4) is 0 Å². The average molecular weight is 529 g/mol. The highest BCUT2D eigenvalue weighted by Gasteiger charge is 2.26. The molecule has 0 radical (unpaired) electrons. The van der Waals surface area contributed by atoms with Gasteiger partial charge in [-0.15, -0.1) is 0 Å². The van der Waals surface area contributed by atoms with Crippen molar-refractivity contribution in [3.63, 3.8) is 0 Å². The van der Waals surface area contributed by atoms with Gasteiger partial charge in [-0.1, -0.05) is 96.1 Å². The lowest BCUT2D eigenvalue weighted by Crippen LogP contribution is -2.17. The first-order chi connectivity index (χ1) is 18.9. The smallest absolute Gasteiger partial charge is 0.122 e. The summed E-state index contributed by atoms with van der Waals surface area (Å²) in [7, 11) is 0. The van der Waals surface area contributed by atoms with Crippen LogP contribution in [-0.4, -0.2) is 19.8 Å². The first-order valence-corrected chi connectivity index (χ1v) is 15.0. The Labute approximate surface area is 236 Å². The Bertz CT molecular complexity index is 1170. The van der Waals surface area contributed by atoms with Crippen LogP contribution in [0.4, 0.5) is 0 Å². The monoisotopic (exact) mass is 528 g/mol. The van der Waals surface area contributed by atoms with Gasteiger partial charge in [0, 0.05) is 11.5 Å². The molecule has 3 heterocycles. The number of ether oxygens (including phenoxy) is 3. The molecule has 3 unspecified atom stereocenters. The maximum Gasteiger partial charge on any atom is 0.122 e. The van der Waals surface area contributed by atoms with E-state index in [2.05, 4.69) is 102 Å². The number of fused-ring (bicyclic) bond motifs is 3. The van der Waals surface area contributed by atoms with E-state index in [1.807, 2.05) is 12.1 Å². The van der Waals surface area contributed by atoms with Crippen molar-refractivity contribution in [2.75, 3.05) is 19.8 Å². The molecule has 0 aromatic heterocycles. The third-order valence-electron chi connectivity index (χ3n) is 8.39. The summed E-state index contributed by atoms with van der Waals surface area (Å²) in [5, 5.41) is 0. The second-order valence-electron chi connectivity index (χ2n) is 12.1. The zero-order valence-electron chi connectivity index (χ0n) is 24.9. The Morgan fingerprint density at radius 3 is 1.41 bits per heavy atom. The Morgan fingerprint density at radius 2 is 0.897 bits per heavy atom. The minimum atomic E-state index is 0.598. The molecule has 0 fully saturated rings. The van der Waals surface area contributed by atoms with Crippen LogP contribution in [0.5, 0.6) is 17.2 Å². The number of rotatable bonds is 3. The molecule has 0 saturated heterocycles. The van der Waals surface area contributed by atoms with Crippen LogP contribution in [0.2, 0.25) is 0 Å². The molecule has 3 aliphatic rings. The maximum atomic E-state index is 5.73. The quantitative estimate of drug-likeness (QED) is 0.339. The molecule has 0 aliphatic carbocycles. The predicted octanol–water partition coefficient (Wildman–Crippen LogP) is 9.63. The van der Waals surface area contributed by atoms with Crippen LogP contribution in [0, 0.1) is 17.8 Å². The Balaban J connectivity index is 0.000000136. The lowest BCUT2D eigenvalue weighted by molar-refractivity contribution is 0.247. The summed E-state index contributed by atoms with van der Waals surface area (Å²) in [5.74, 6) is 7.32. The summed E-state index contributed by atoms with van der Waals surface area (Å²) in [4.78, 5) is 0. The van der Waals surface area contributed by atoms with Gasteiger partial charge in [0.15, 0.2) is 0 Å². The lowest BCUT2D eigenvalue weighted by atomic mass is 9.84. The van der Waals surface area contributed by atoms with Crippen LogP contribution in [0.15, 0.2) is 72.8 Å². The van der Waals surface area contributed by atoms with Gasteiger partial charge in [-0.2, -0.15) is 0 Å². The van der Waals surface area contributed by atoms with E-state index in [0.29, 0.717) is 35.5 Å². The fraction of sp³-hybridized carbons (Fsp3) is 0.500. The molecule has 39 heavy (non-hydrogen) atoms. The molecular weight excluding hydrogens is 480 g/mol. The zero-order valence-corrected chi connectivity index (χ0v) is 24.9. The number of para-hydroxylation sites is 3. The van der Waals surface area contributed by atoms with Crippen LogP contribution >= 0.6 is 0 Å². The Kier molecular flexibility index (Phi) is 10.4. The molecule has 6 rings (SSSR count). The highest BCUT2D eigenvalue weighted by atomic mass is 16.5. The van der Waals surface area contributed by atoms with Crippen molar-refractivity contribution in [2.45, 2.75) is 78.6 Å². The second kappa shape index (κ2) is 13.9. The van der Waals surface area contributed by atoms with E-state index in [9.17, 15) is 0 Å². The topological polar surface area (TPSA) is 27.7 Å². The van der Waals surface area contributed by atoms with Crippen LogP contribution in [-0.2, 0) is 0 Å². The first-order valence-electron chi connectivity index (χ1n) is 15.0. The summed E-state index contributed by atoms with van der Waals surface area (Å²) in [5.41, 5.74) is 4.18. The number of benzene rings is 3. The minimum Gasteiger partial charge on any atom is -0.493 e. The van der Waals surface area contributed by atoms with E-state index < -0.39 is 0 Å². The van der Waals surface area contributed by atoms with Crippen molar-refractivity contribution in [1.29, 1.82) is 0 Å². The van der Waals surface area contributed by atoms with E-state index in [1.54, 1.807) is 0 Å². The zero-order chi connectivity index (χ0) is 27.8. The third kappa shape index (κ3) is 7.38. The number of hydrogen-bond acceptors (Lipinski definition) is 3. The van der Waals surface area contributed by atoms with Gasteiger partial charge in [-0.25, -0.2) is 0 Å². The normalized spacial score (nSPS) is 21.0. The van der Waals surface area contributed by atoms with Crippen molar-refractivity contribution in [3.05, 3.63) is 89.5 Å². The average Bonchev–Trinajstić information content (AvgIpc) is 3.26. The van der Waals surface area contributed by atoms with Crippen LogP contribution in [0.1, 0.15) is 95.2 Å². The number of hydrogen-bond donors (Lipinski definition) is 0. The van der Waals surface area contributed by atoms with Crippen LogP contribution < -0.4 is 14.2 Å². The van der Waals surface area contributed by atoms with E-state index in [1.165, 1.54) is 29.5 Å². The van der Waals surface area contributed by atoms with E-state index in [4.69, 9.17) is 14.2 Å². The van der Waals surface area contributed by atoms with E-state index in [-0.39, 0.29) is 0 Å². The van der Waals surface area contributed by atoms with Gasteiger partial charge in [0.1, 0.15) is 17.2 Å².